The molecule has 0 bridgehead atoms. The van der Waals surface area contributed by atoms with Gasteiger partial charge in [0.2, 0.25) is 17.7 Å². The molecule has 19 heavy (non-hydrogen) atoms. The van der Waals surface area contributed by atoms with Crippen LogP contribution in [-0.2, 0) is 14.4 Å². The van der Waals surface area contributed by atoms with Gasteiger partial charge in [0, 0.05) is 6.54 Å². The lowest BCUT2D eigenvalue weighted by Gasteiger charge is -2.32. The largest absolute Gasteiger partial charge is 0.368 e. The molecule has 2 saturated heterocycles. The van der Waals surface area contributed by atoms with Gasteiger partial charge in [0.25, 0.3) is 0 Å². The number of piperidine rings is 1. The van der Waals surface area contributed by atoms with Crippen LogP contribution in [0, 0.1) is 0 Å². The van der Waals surface area contributed by atoms with E-state index in [2.05, 4.69) is 10.6 Å². The number of nitrogens with two attached hydrogens (primary N) is 1. The van der Waals surface area contributed by atoms with Crippen LogP contribution < -0.4 is 16.4 Å². The summed E-state index contributed by atoms with van der Waals surface area (Å²) in [6.45, 7) is 1.28. The molecule has 7 heteroatoms. The molecule has 0 aliphatic carbocycles. The van der Waals surface area contributed by atoms with Gasteiger partial charge in [-0.15, -0.1) is 0 Å². The molecule has 2 heterocycles. The van der Waals surface area contributed by atoms with Gasteiger partial charge in [0.05, 0.1) is 12.6 Å². The molecule has 0 spiro atoms. The van der Waals surface area contributed by atoms with Crippen LogP contribution in [0.25, 0.3) is 0 Å². The molecular formula is C12H20N4O3. The zero-order valence-electron chi connectivity index (χ0n) is 10.9. The number of rotatable bonds is 4. The number of hydrogen-bond donors (Lipinski definition) is 3. The summed E-state index contributed by atoms with van der Waals surface area (Å²) in [7, 11) is 0. The Hall–Kier alpha value is -1.63. The molecule has 7 nitrogen and oxygen atoms in total. The normalized spacial score (nSPS) is 27.4. The van der Waals surface area contributed by atoms with Crippen LogP contribution >= 0.6 is 0 Å². The number of nitrogens with zero attached hydrogens (tertiary/aromatic N) is 1. The highest BCUT2D eigenvalue weighted by Crippen LogP contribution is 2.13. The molecule has 0 radical (unpaired) electrons. The van der Waals surface area contributed by atoms with Gasteiger partial charge in [-0.25, -0.2) is 0 Å². The van der Waals surface area contributed by atoms with Crippen molar-refractivity contribution in [3.05, 3.63) is 0 Å². The van der Waals surface area contributed by atoms with Crippen molar-refractivity contribution >= 4 is 17.7 Å². The number of carbonyl (C=O) groups excluding carboxylic acids is 3. The number of carbonyl (C=O) groups is 3. The minimum absolute atomic E-state index is 0.0765. The van der Waals surface area contributed by atoms with Gasteiger partial charge < -0.3 is 21.3 Å². The molecular weight excluding hydrogens is 248 g/mol. The molecule has 4 N–H and O–H groups in total. The molecule has 0 saturated carbocycles. The van der Waals surface area contributed by atoms with Crippen molar-refractivity contribution in [3.63, 3.8) is 0 Å². The SMILES string of the molecule is NC(=O)CN1CCC[C@@H](NC(=O)C2CCCN2)C1=O. The van der Waals surface area contributed by atoms with Gasteiger partial charge in [-0.2, -0.15) is 0 Å². The van der Waals surface area contributed by atoms with Gasteiger partial charge in [0.1, 0.15) is 6.04 Å². The second-order valence-electron chi connectivity index (χ2n) is 5.08. The predicted molar refractivity (Wildman–Crippen MR) is 68.0 cm³/mol. The fourth-order valence-corrected chi connectivity index (χ4v) is 2.60. The van der Waals surface area contributed by atoms with Gasteiger partial charge in [0.15, 0.2) is 0 Å². The lowest BCUT2D eigenvalue weighted by atomic mass is 10.0. The van der Waals surface area contributed by atoms with Crippen molar-refractivity contribution in [1.29, 1.82) is 0 Å². The summed E-state index contributed by atoms with van der Waals surface area (Å²) < 4.78 is 0. The number of primary amides is 1. The summed E-state index contributed by atoms with van der Waals surface area (Å²) in [4.78, 5) is 36.3. The van der Waals surface area contributed by atoms with Crippen molar-refractivity contribution in [3.8, 4) is 0 Å². The average Bonchev–Trinajstić information content (AvgIpc) is 2.87. The summed E-state index contributed by atoms with van der Waals surface area (Å²) in [5.74, 6) is -0.869. The second kappa shape index (κ2) is 6.01. The fourth-order valence-electron chi connectivity index (χ4n) is 2.60. The Balaban J connectivity index is 1.90. The Morgan fingerprint density at radius 2 is 2.16 bits per heavy atom. The zero-order valence-corrected chi connectivity index (χ0v) is 10.9. The maximum absolute atomic E-state index is 12.1. The maximum Gasteiger partial charge on any atom is 0.245 e. The highest BCUT2D eigenvalue weighted by molar-refractivity contribution is 5.92. The van der Waals surface area contributed by atoms with E-state index in [9.17, 15) is 14.4 Å². The third-order valence-corrected chi connectivity index (χ3v) is 3.57. The number of likely N-dealkylation sites (tertiary alicyclic amines) is 1. The van der Waals surface area contributed by atoms with E-state index in [4.69, 9.17) is 5.73 Å². The molecule has 3 amide bonds. The molecule has 0 aromatic carbocycles. The topological polar surface area (TPSA) is 105 Å². The minimum Gasteiger partial charge on any atom is -0.368 e. The average molecular weight is 268 g/mol. The van der Waals surface area contributed by atoms with Crippen LogP contribution in [0.1, 0.15) is 25.7 Å². The van der Waals surface area contributed by atoms with E-state index in [0.717, 1.165) is 25.8 Å². The lowest BCUT2D eigenvalue weighted by molar-refractivity contribution is -0.141. The molecule has 0 aromatic rings. The molecule has 2 fully saturated rings. The summed E-state index contributed by atoms with van der Waals surface area (Å²) in [6.07, 6.45) is 3.16. The summed E-state index contributed by atoms with van der Waals surface area (Å²) >= 11 is 0. The third-order valence-electron chi connectivity index (χ3n) is 3.57. The fraction of sp³-hybridized carbons (Fsp3) is 0.750. The monoisotopic (exact) mass is 268 g/mol. The molecule has 2 atom stereocenters. The van der Waals surface area contributed by atoms with Gasteiger partial charge in [-0.1, -0.05) is 0 Å². The van der Waals surface area contributed by atoms with Crippen molar-refractivity contribution in [1.82, 2.24) is 15.5 Å². The first-order chi connectivity index (χ1) is 9.08. The van der Waals surface area contributed by atoms with Crippen LogP contribution in [-0.4, -0.2) is 54.3 Å². The van der Waals surface area contributed by atoms with Gasteiger partial charge in [-0.05, 0) is 32.2 Å². The van der Waals surface area contributed by atoms with Crippen LogP contribution in [0.2, 0.25) is 0 Å². The van der Waals surface area contributed by atoms with Crippen molar-refractivity contribution in [2.24, 2.45) is 5.73 Å². The van der Waals surface area contributed by atoms with Crippen molar-refractivity contribution in [2.45, 2.75) is 37.8 Å². The predicted octanol–water partition coefficient (Wildman–Crippen LogP) is -1.67. The van der Waals surface area contributed by atoms with Crippen molar-refractivity contribution in [2.75, 3.05) is 19.6 Å². The van der Waals surface area contributed by atoms with E-state index in [1.807, 2.05) is 0 Å². The van der Waals surface area contributed by atoms with E-state index in [1.165, 1.54) is 4.90 Å². The van der Waals surface area contributed by atoms with Crippen LogP contribution in [0.4, 0.5) is 0 Å². The zero-order chi connectivity index (χ0) is 13.8. The van der Waals surface area contributed by atoms with E-state index in [1.54, 1.807) is 0 Å². The third kappa shape index (κ3) is 3.44. The van der Waals surface area contributed by atoms with Crippen LogP contribution in [0.3, 0.4) is 0 Å². The van der Waals surface area contributed by atoms with E-state index in [-0.39, 0.29) is 24.4 Å². The highest BCUT2D eigenvalue weighted by Gasteiger charge is 2.32. The molecule has 106 valence electrons. The smallest absolute Gasteiger partial charge is 0.245 e. The minimum atomic E-state index is -0.530. The Morgan fingerprint density at radius 1 is 1.37 bits per heavy atom. The first-order valence-electron chi connectivity index (χ1n) is 6.69. The Morgan fingerprint density at radius 3 is 2.79 bits per heavy atom. The summed E-state index contributed by atoms with van der Waals surface area (Å²) in [5.41, 5.74) is 5.10. The second-order valence-corrected chi connectivity index (χ2v) is 5.08. The summed E-state index contributed by atoms with van der Waals surface area (Å²) in [6, 6.07) is -0.720. The van der Waals surface area contributed by atoms with E-state index >= 15 is 0 Å². The van der Waals surface area contributed by atoms with Crippen LogP contribution in [0.5, 0.6) is 0 Å². The summed E-state index contributed by atoms with van der Waals surface area (Å²) in [5, 5.41) is 5.86. The quantitative estimate of drug-likeness (QED) is 0.567. The molecule has 2 aliphatic rings. The Kier molecular flexibility index (Phi) is 4.36. The number of hydrogen-bond acceptors (Lipinski definition) is 4. The van der Waals surface area contributed by atoms with E-state index < -0.39 is 11.9 Å². The Labute approximate surface area is 111 Å². The highest BCUT2D eigenvalue weighted by atomic mass is 16.2. The molecule has 2 rings (SSSR count). The van der Waals surface area contributed by atoms with Crippen molar-refractivity contribution < 1.29 is 14.4 Å². The van der Waals surface area contributed by atoms with Gasteiger partial charge in [-0.3, -0.25) is 14.4 Å². The maximum atomic E-state index is 12.1. The van der Waals surface area contributed by atoms with Crippen LogP contribution in [0.15, 0.2) is 0 Å². The number of amides is 3. The molecule has 1 unspecified atom stereocenters. The first kappa shape index (κ1) is 13.8. The Bertz CT molecular complexity index is 379. The molecule has 0 aromatic heterocycles. The van der Waals surface area contributed by atoms with Gasteiger partial charge >= 0.3 is 0 Å². The first-order valence-corrected chi connectivity index (χ1v) is 6.69. The standard InChI is InChI=1S/C12H20N4O3/c13-10(17)7-16-6-2-4-9(12(16)19)15-11(18)8-3-1-5-14-8/h8-9,14H,1-7H2,(H2,13,17)(H,15,18)/t8?,9-/m1/s1. The number of nitrogens with one attached hydrogen (secondary N) is 2. The van der Waals surface area contributed by atoms with E-state index in [0.29, 0.717) is 13.0 Å². The lowest BCUT2D eigenvalue weighted by Crippen LogP contribution is -2.56. The molecule has 2 aliphatic heterocycles.